The summed E-state index contributed by atoms with van der Waals surface area (Å²) in [6.07, 6.45) is 1.73. The van der Waals surface area contributed by atoms with Crippen molar-refractivity contribution in [3.05, 3.63) is 42.0 Å². The number of ether oxygens (including phenoxy) is 1. The average molecular weight is 191 g/mol. The second kappa shape index (κ2) is 4.82. The molecule has 2 heteroatoms. The van der Waals surface area contributed by atoms with Crippen LogP contribution in [0.1, 0.15) is 24.1 Å². The summed E-state index contributed by atoms with van der Waals surface area (Å²) in [6, 6.07) is 6.03. The summed E-state index contributed by atoms with van der Waals surface area (Å²) in [5, 5.41) is 0. The summed E-state index contributed by atoms with van der Waals surface area (Å²) in [6.45, 7) is 8.13. The van der Waals surface area contributed by atoms with Gasteiger partial charge in [-0.15, -0.1) is 0 Å². The predicted octanol–water partition coefficient (Wildman–Crippen LogP) is 2.58. The van der Waals surface area contributed by atoms with Crippen LogP contribution in [-0.2, 0) is 0 Å². The van der Waals surface area contributed by atoms with Crippen LogP contribution in [0.15, 0.2) is 30.9 Å². The molecule has 0 amide bonds. The summed E-state index contributed by atoms with van der Waals surface area (Å²) in [4.78, 5) is 0. The van der Waals surface area contributed by atoms with E-state index in [9.17, 15) is 0 Å². The Morgan fingerprint density at radius 2 is 2.29 bits per heavy atom. The Hall–Kier alpha value is -1.28. The van der Waals surface area contributed by atoms with E-state index in [1.807, 2.05) is 26.0 Å². The van der Waals surface area contributed by atoms with E-state index in [0.717, 1.165) is 11.3 Å². The van der Waals surface area contributed by atoms with Crippen LogP contribution >= 0.6 is 0 Å². The summed E-state index contributed by atoms with van der Waals surface area (Å²) in [7, 11) is 0. The van der Waals surface area contributed by atoms with Crippen molar-refractivity contribution >= 4 is 0 Å². The van der Waals surface area contributed by atoms with Gasteiger partial charge in [0.2, 0.25) is 0 Å². The van der Waals surface area contributed by atoms with Crippen LogP contribution in [0, 0.1) is 6.92 Å². The van der Waals surface area contributed by atoms with Crippen molar-refractivity contribution < 1.29 is 4.74 Å². The summed E-state index contributed by atoms with van der Waals surface area (Å²) < 4.78 is 5.50. The lowest BCUT2D eigenvalue weighted by Crippen LogP contribution is -2.08. The smallest absolute Gasteiger partial charge is 0.124 e. The van der Waals surface area contributed by atoms with E-state index in [0.29, 0.717) is 6.61 Å². The molecule has 76 valence electrons. The topological polar surface area (TPSA) is 35.2 Å². The maximum Gasteiger partial charge on any atom is 0.124 e. The minimum atomic E-state index is -0.00489. The Morgan fingerprint density at radius 1 is 1.57 bits per heavy atom. The normalized spacial score (nSPS) is 12.2. The quantitative estimate of drug-likeness (QED) is 0.742. The Bertz CT molecular complexity index is 318. The number of benzene rings is 1. The van der Waals surface area contributed by atoms with Crippen LogP contribution in [0.2, 0.25) is 0 Å². The molecule has 0 fully saturated rings. The van der Waals surface area contributed by atoms with Crippen LogP contribution in [0.4, 0.5) is 0 Å². The Kier molecular flexibility index (Phi) is 3.72. The van der Waals surface area contributed by atoms with Crippen molar-refractivity contribution in [3.63, 3.8) is 0 Å². The maximum absolute atomic E-state index is 5.85. The van der Waals surface area contributed by atoms with Crippen LogP contribution in [-0.4, -0.2) is 6.61 Å². The minimum absolute atomic E-state index is 0.00489. The van der Waals surface area contributed by atoms with Gasteiger partial charge in [0, 0.05) is 11.6 Å². The van der Waals surface area contributed by atoms with Crippen molar-refractivity contribution in [1.82, 2.24) is 0 Å². The molecule has 0 spiro atoms. The fourth-order valence-corrected chi connectivity index (χ4v) is 1.30. The molecule has 0 radical (unpaired) electrons. The van der Waals surface area contributed by atoms with E-state index in [1.165, 1.54) is 5.56 Å². The first kappa shape index (κ1) is 10.8. The molecule has 0 aromatic heterocycles. The lowest BCUT2D eigenvalue weighted by Gasteiger charge is -2.13. The number of hydrogen-bond acceptors (Lipinski definition) is 2. The van der Waals surface area contributed by atoms with Gasteiger partial charge in [0.15, 0.2) is 0 Å². The van der Waals surface area contributed by atoms with Crippen molar-refractivity contribution in [2.24, 2.45) is 5.73 Å². The van der Waals surface area contributed by atoms with E-state index in [-0.39, 0.29) is 6.04 Å². The molecule has 1 aromatic rings. The molecule has 0 saturated carbocycles. The molecule has 0 unspecified atom stereocenters. The standard InChI is InChI=1S/C12H17NO/c1-4-7-14-12-6-5-9(2)8-11(12)10(3)13/h4-6,8,10H,1,7,13H2,2-3H3/t10-/m0/s1. The molecule has 1 aromatic carbocycles. The molecule has 0 heterocycles. The lowest BCUT2D eigenvalue weighted by atomic mass is 10.1. The first-order chi connectivity index (χ1) is 6.65. The fourth-order valence-electron chi connectivity index (χ4n) is 1.30. The molecule has 14 heavy (non-hydrogen) atoms. The molecule has 0 bridgehead atoms. The molecule has 0 aliphatic heterocycles. The monoisotopic (exact) mass is 191 g/mol. The minimum Gasteiger partial charge on any atom is -0.489 e. The second-order valence-electron chi connectivity index (χ2n) is 3.43. The predicted molar refractivity (Wildman–Crippen MR) is 59.5 cm³/mol. The molecule has 2 nitrogen and oxygen atoms in total. The van der Waals surface area contributed by atoms with Crippen molar-refractivity contribution in [2.45, 2.75) is 19.9 Å². The molecule has 0 aliphatic rings. The third kappa shape index (κ3) is 2.60. The van der Waals surface area contributed by atoms with Gasteiger partial charge < -0.3 is 10.5 Å². The van der Waals surface area contributed by atoms with Gasteiger partial charge in [0.25, 0.3) is 0 Å². The van der Waals surface area contributed by atoms with Crippen molar-refractivity contribution in [3.8, 4) is 5.75 Å². The Balaban J connectivity index is 2.95. The van der Waals surface area contributed by atoms with E-state index < -0.39 is 0 Å². The molecule has 0 aliphatic carbocycles. The average Bonchev–Trinajstić information content (AvgIpc) is 2.15. The van der Waals surface area contributed by atoms with Crippen LogP contribution in [0.3, 0.4) is 0 Å². The molecular formula is C12H17NO. The van der Waals surface area contributed by atoms with Crippen LogP contribution in [0.5, 0.6) is 5.75 Å². The highest BCUT2D eigenvalue weighted by atomic mass is 16.5. The fraction of sp³-hybridized carbons (Fsp3) is 0.333. The number of aryl methyl sites for hydroxylation is 1. The third-order valence-electron chi connectivity index (χ3n) is 2.01. The SMILES string of the molecule is C=CCOc1ccc(C)cc1[C@H](C)N. The van der Waals surface area contributed by atoms with Gasteiger partial charge in [-0.2, -0.15) is 0 Å². The zero-order valence-corrected chi connectivity index (χ0v) is 8.79. The molecule has 1 rings (SSSR count). The summed E-state index contributed by atoms with van der Waals surface area (Å²) in [5.41, 5.74) is 8.09. The highest BCUT2D eigenvalue weighted by Crippen LogP contribution is 2.24. The summed E-state index contributed by atoms with van der Waals surface area (Å²) in [5.74, 6) is 0.852. The molecule has 0 saturated heterocycles. The largest absolute Gasteiger partial charge is 0.489 e. The number of hydrogen-bond donors (Lipinski definition) is 1. The van der Waals surface area contributed by atoms with Gasteiger partial charge in [-0.1, -0.05) is 30.4 Å². The first-order valence-electron chi connectivity index (χ1n) is 4.75. The van der Waals surface area contributed by atoms with Gasteiger partial charge in [0.05, 0.1) is 0 Å². The number of nitrogens with two attached hydrogens (primary N) is 1. The van der Waals surface area contributed by atoms with E-state index >= 15 is 0 Å². The second-order valence-corrected chi connectivity index (χ2v) is 3.43. The maximum atomic E-state index is 5.85. The number of rotatable bonds is 4. The lowest BCUT2D eigenvalue weighted by molar-refractivity contribution is 0.357. The van der Waals surface area contributed by atoms with Crippen molar-refractivity contribution in [2.75, 3.05) is 6.61 Å². The zero-order chi connectivity index (χ0) is 10.6. The highest BCUT2D eigenvalue weighted by molar-refractivity contribution is 5.38. The molecule has 1 atom stereocenters. The van der Waals surface area contributed by atoms with E-state index in [1.54, 1.807) is 6.08 Å². The van der Waals surface area contributed by atoms with Gasteiger partial charge in [-0.05, 0) is 19.9 Å². The van der Waals surface area contributed by atoms with Crippen LogP contribution in [0.25, 0.3) is 0 Å². The molecular weight excluding hydrogens is 174 g/mol. The van der Waals surface area contributed by atoms with Crippen LogP contribution < -0.4 is 10.5 Å². The molecule has 2 N–H and O–H groups in total. The van der Waals surface area contributed by atoms with Gasteiger partial charge >= 0.3 is 0 Å². The first-order valence-corrected chi connectivity index (χ1v) is 4.75. The van der Waals surface area contributed by atoms with Crippen molar-refractivity contribution in [1.29, 1.82) is 0 Å². The van der Waals surface area contributed by atoms with Gasteiger partial charge in [0.1, 0.15) is 12.4 Å². The zero-order valence-electron chi connectivity index (χ0n) is 8.79. The van der Waals surface area contributed by atoms with E-state index in [2.05, 4.69) is 12.6 Å². The van der Waals surface area contributed by atoms with Gasteiger partial charge in [-0.25, -0.2) is 0 Å². The summed E-state index contributed by atoms with van der Waals surface area (Å²) >= 11 is 0. The van der Waals surface area contributed by atoms with E-state index in [4.69, 9.17) is 10.5 Å². The van der Waals surface area contributed by atoms with Gasteiger partial charge in [-0.3, -0.25) is 0 Å². The third-order valence-corrected chi connectivity index (χ3v) is 2.01. The highest BCUT2D eigenvalue weighted by Gasteiger charge is 2.07. The Labute approximate surface area is 85.4 Å². The Morgan fingerprint density at radius 3 is 2.86 bits per heavy atom.